The molecule has 0 aromatic heterocycles. The van der Waals surface area contributed by atoms with Crippen molar-refractivity contribution in [2.24, 2.45) is 0 Å². The first-order valence-corrected chi connectivity index (χ1v) is 6.15. The Balaban J connectivity index is 2.46. The van der Waals surface area contributed by atoms with Crippen LogP contribution in [0.4, 0.5) is 0 Å². The Morgan fingerprint density at radius 3 is 2.53 bits per heavy atom. The average molecular weight is 236 g/mol. The zero-order valence-electron chi connectivity index (χ0n) is 10.3. The van der Waals surface area contributed by atoms with Crippen molar-refractivity contribution in [2.75, 3.05) is 13.2 Å². The second-order valence-electron chi connectivity index (χ2n) is 3.98. The van der Waals surface area contributed by atoms with E-state index in [1.807, 2.05) is 0 Å². The van der Waals surface area contributed by atoms with Crippen molar-refractivity contribution in [2.45, 2.75) is 32.6 Å². The highest BCUT2D eigenvalue weighted by molar-refractivity contribution is 5.96. The molecule has 94 valence electrons. The van der Waals surface area contributed by atoms with Crippen LogP contribution in [-0.4, -0.2) is 24.1 Å². The van der Waals surface area contributed by atoms with Crippen molar-refractivity contribution in [3.05, 3.63) is 29.8 Å². The normalized spacial score (nSPS) is 10.2. The summed E-state index contributed by atoms with van der Waals surface area (Å²) in [4.78, 5) is 11.8. The first-order chi connectivity index (χ1) is 8.27. The smallest absolute Gasteiger partial charge is 0.162 e. The van der Waals surface area contributed by atoms with Crippen LogP contribution >= 0.6 is 0 Å². The number of ether oxygens (including phenoxy) is 1. The Morgan fingerprint density at radius 2 is 1.94 bits per heavy atom. The average Bonchev–Trinajstić information content (AvgIpc) is 2.37. The number of unbranched alkanes of at least 4 members (excludes halogenated alkanes) is 2. The first-order valence-electron chi connectivity index (χ1n) is 6.15. The summed E-state index contributed by atoms with van der Waals surface area (Å²) in [5, 5.41) is 8.61. The topological polar surface area (TPSA) is 46.5 Å². The van der Waals surface area contributed by atoms with Gasteiger partial charge in [0.15, 0.2) is 5.78 Å². The maximum Gasteiger partial charge on any atom is 0.162 e. The third kappa shape index (κ3) is 5.00. The van der Waals surface area contributed by atoms with Gasteiger partial charge < -0.3 is 9.84 Å². The lowest BCUT2D eigenvalue weighted by Crippen LogP contribution is -2.02. The van der Waals surface area contributed by atoms with Crippen molar-refractivity contribution >= 4 is 5.78 Å². The lowest BCUT2D eigenvalue weighted by molar-refractivity contribution is 0.0979. The molecule has 3 nitrogen and oxygen atoms in total. The molecule has 0 amide bonds. The second kappa shape index (κ2) is 7.85. The number of benzene rings is 1. The molecule has 0 radical (unpaired) electrons. The minimum absolute atomic E-state index is 0.00228. The van der Waals surface area contributed by atoms with Gasteiger partial charge in [-0.1, -0.05) is 19.8 Å². The number of hydrogen-bond donors (Lipinski definition) is 1. The lowest BCUT2D eigenvalue weighted by Gasteiger charge is -2.05. The monoisotopic (exact) mass is 236 g/mol. The molecule has 1 N–H and O–H groups in total. The molecule has 1 aromatic rings. The van der Waals surface area contributed by atoms with Crippen LogP contribution in [-0.2, 0) is 0 Å². The van der Waals surface area contributed by atoms with Crippen LogP contribution in [0.25, 0.3) is 0 Å². The molecule has 0 fully saturated rings. The molecule has 0 atom stereocenters. The van der Waals surface area contributed by atoms with Gasteiger partial charge in [-0.3, -0.25) is 4.79 Å². The number of ketones is 1. The van der Waals surface area contributed by atoms with Crippen LogP contribution < -0.4 is 4.74 Å². The standard InChI is InChI=1S/C14H20O3/c1-2-3-4-5-14(16)12-6-8-13(9-7-12)17-11-10-15/h6-9,15H,2-5,10-11H2,1H3. The van der Waals surface area contributed by atoms with Crippen LogP contribution in [0.2, 0.25) is 0 Å². The van der Waals surface area contributed by atoms with Gasteiger partial charge in [-0.05, 0) is 30.7 Å². The molecule has 1 rings (SSSR count). The summed E-state index contributed by atoms with van der Waals surface area (Å²) in [6.07, 6.45) is 3.80. The van der Waals surface area contributed by atoms with Crippen molar-refractivity contribution in [3.8, 4) is 5.75 Å². The molecular formula is C14H20O3. The summed E-state index contributed by atoms with van der Waals surface area (Å²) < 4.78 is 5.23. The number of carbonyl (C=O) groups is 1. The van der Waals surface area contributed by atoms with E-state index in [2.05, 4.69) is 6.92 Å². The van der Waals surface area contributed by atoms with Gasteiger partial charge >= 0.3 is 0 Å². The number of rotatable bonds is 8. The molecule has 3 heteroatoms. The summed E-state index contributed by atoms with van der Waals surface area (Å²) in [5.41, 5.74) is 0.734. The van der Waals surface area contributed by atoms with Crippen molar-refractivity contribution in [1.29, 1.82) is 0 Å². The number of aliphatic hydroxyl groups is 1. The SMILES string of the molecule is CCCCCC(=O)c1ccc(OCCO)cc1. The Hall–Kier alpha value is -1.35. The van der Waals surface area contributed by atoms with E-state index in [9.17, 15) is 4.79 Å². The summed E-state index contributed by atoms with van der Waals surface area (Å²) >= 11 is 0. The van der Waals surface area contributed by atoms with Gasteiger partial charge in [0.1, 0.15) is 12.4 Å². The fraction of sp³-hybridized carbons (Fsp3) is 0.500. The van der Waals surface area contributed by atoms with E-state index in [1.54, 1.807) is 24.3 Å². The van der Waals surface area contributed by atoms with Crippen molar-refractivity contribution in [3.63, 3.8) is 0 Å². The van der Waals surface area contributed by atoms with Gasteiger partial charge in [0.25, 0.3) is 0 Å². The number of Topliss-reactive ketones (excluding diaryl/α,β-unsaturated/α-hetero) is 1. The van der Waals surface area contributed by atoms with Crippen molar-refractivity contribution < 1.29 is 14.6 Å². The maximum atomic E-state index is 11.8. The molecule has 17 heavy (non-hydrogen) atoms. The summed E-state index contributed by atoms with van der Waals surface area (Å²) in [6.45, 7) is 2.40. The fourth-order valence-electron chi connectivity index (χ4n) is 1.58. The van der Waals surface area contributed by atoms with E-state index in [1.165, 1.54) is 0 Å². The van der Waals surface area contributed by atoms with Crippen LogP contribution in [0.1, 0.15) is 43.0 Å². The quantitative estimate of drug-likeness (QED) is 0.557. The first kappa shape index (κ1) is 13.7. The van der Waals surface area contributed by atoms with Gasteiger partial charge in [-0.2, -0.15) is 0 Å². The Labute approximate surface area is 102 Å². The fourth-order valence-corrected chi connectivity index (χ4v) is 1.58. The molecule has 0 bridgehead atoms. The minimum Gasteiger partial charge on any atom is -0.491 e. The van der Waals surface area contributed by atoms with E-state index in [0.29, 0.717) is 12.2 Å². The lowest BCUT2D eigenvalue weighted by atomic mass is 10.0. The van der Waals surface area contributed by atoms with Crippen LogP contribution in [0.3, 0.4) is 0 Å². The summed E-state index contributed by atoms with van der Waals surface area (Å²) in [5.74, 6) is 0.872. The molecule has 0 aliphatic rings. The third-order valence-electron chi connectivity index (χ3n) is 2.54. The highest BCUT2D eigenvalue weighted by Gasteiger charge is 2.05. The zero-order valence-corrected chi connectivity index (χ0v) is 10.3. The zero-order chi connectivity index (χ0) is 12.5. The number of carbonyl (C=O) groups excluding carboxylic acids is 1. The van der Waals surface area contributed by atoms with E-state index in [0.717, 1.165) is 24.8 Å². The van der Waals surface area contributed by atoms with E-state index in [4.69, 9.17) is 9.84 Å². The highest BCUT2D eigenvalue weighted by atomic mass is 16.5. The van der Waals surface area contributed by atoms with Gasteiger partial charge in [0.05, 0.1) is 6.61 Å². The van der Waals surface area contributed by atoms with Gasteiger partial charge in [-0.25, -0.2) is 0 Å². The van der Waals surface area contributed by atoms with Crippen LogP contribution in [0, 0.1) is 0 Å². The maximum absolute atomic E-state index is 11.8. The van der Waals surface area contributed by atoms with E-state index in [-0.39, 0.29) is 19.0 Å². The largest absolute Gasteiger partial charge is 0.491 e. The third-order valence-corrected chi connectivity index (χ3v) is 2.54. The van der Waals surface area contributed by atoms with Gasteiger partial charge in [-0.15, -0.1) is 0 Å². The highest BCUT2D eigenvalue weighted by Crippen LogP contribution is 2.14. The Bertz CT molecular complexity index is 330. The van der Waals surface area contributed by atoms with E-state index >= 15 is 0 Å². The Morgan fingerprint density at radius 1 is 1.24 bits per heavy atom. The molecular weight excluding hydrogens is 216 g/mol. The summed E-state index contributed by atoms with van der Waals surface area (Å²) in [7, 11) is 0. The summed E-state index contributed by atoms with van der Waals surface area (Å²) in [6, 6.07) is 7.09. The van der Waals surface area contributed by atoms with Gasteiger partial charge in [0, 0.05) is 12.0 Å². The predicted octanol–water partition coefficient (Wildman–Crippen LogP) is 2.82. The Kier molecular flexibility index (Phi) is 6.33. The predicted molar refractivity (Wildman–Crippen MR) is 67.5 cm³/mol. The molecule has 1 aromatic carbocycles. The van der Waals surface area contributed by atoms with Crippen LogP contribution in [0.15, 0.2) is 24.3 Å². The molecule has 0 saturated heterocycles. The molecule has 0 aliphatic heterocycles. The molecule has 0 saturated carbocycles. The number of aliphatic hydroxyl groups excluding tert-OH is 1. The second-order valence-corrected chi connectivity index (χ2v) is 3.98. The minimum atomic E-state index is -0.00228. The van der Waals surface area contributed by atoms with Crippen LogP contribution in [0.5, 0.6) is 5.75 Å². The number of hydrogen-bond acceptors (Lipinski definition) is 3. The van der Waals surface area contributed by atoms with Gasteiger partial charge in [0.2, 0.25) is 0 Å². The van der Waals surface area contributed by atoms with Crippen molar-refractivity contribution in [1.82, 2.24) is 0 Å². The molecule has 0 aliphatic carbocycles. The molecule has 0 heterocycles. The molecule has 0 spiro atoms. The molecule has 0 unspecified atom stereocenters. The van der Waals surface area contributed by atoms with E-state index < -0.39 is 0 Å².